The fourth-order valence-corrected chi connectivity index (χ4v) is 5.80. The van der Waals surface area contributed by atoms with Crippen molar-refractivity contribution in [3.63, 3.8) is 0 Å². The van der Waals surface area contributed by atoms with Crippen molar-refractivity contribution in [2.75, 3.05) is 22.6 Å². The molecule has 3 aromatic rings. The molecule has 0 bridgehead atoms. The topological polar surface area (TPSA) is 89.4 Å². The van der Waals surface area contributed by atoms with Crippen molar-refractivity contribution >= 4 is 35.0 Å². The van der Waals surface area contributed by atoms with Gasteiger partial charge in [-0.3, -0.25) is 14.5 Å². The third-order valence-corrected chi connectivity index (χ3v) is 8.00. The number of ether oxygens (including phenoxy) is 1. The van der Waals surface area contributed by atoms with Gasteiger partial charge in [-0.15, -0.1) is 10.2 Å². The van der Waals surface area contributed by atoms with E-state index in [9.17, 15) is 9.59 Å². The minimum absolute atomic E-state index is 0.0113. The summed E-state index contributed by atoms with van der Waals surface area (Å²) in [4.78, 5) is 27.0. The number of nitrogens with one attached hydrogen (secondary N) is 1. The summed E-state index contributed by atoms with van der Waals surface area (Å²) in [5, 5.41) is 12.2. The summed E-state index contributed by atoms with van der Waals surface area (Å²) in [6.07, 6.45) is 6.46. The average Bonchev–Trinajstić information content (AvgIpc) is 3.28. The number of benzene rings is 2. The number of anilines is 2. The van der Waals surface area contributed by atoms with E-state index in [1.807, 2.05) is 54.9 Å². The van der Waals surface area contributed by atoms with Crippen molar-refractivity contribution in [3.05, 3.63) is 59.9 Å². The van der Waals surface area contributed by atoms with Crippen molar-refractivity contribution in [1.82, 2.24) is 14.8 Å². The third kappa shape index (κ3) is 5.11. The number of carbonyl (C=O) groups excluding carboxylic acids is 2. The second-order valence-electron chi connectivity index (χ2n) is 9.39. The molecule has 1 saturated carbocycles. The molecule has 188 valence electrons. The average molecular weight is 506 g/mol. The van der Waals surface area contributed by atoms with Crippen LogP contribution < -0.4 is 15.0 Å². The highest BCUT2D eigenvalue weighted by molar-refractivity contribution is 7.99. The lowest BCUT2D eigenvalue weighted by atomic mass is 9.84. The van der Waals surface area contributed by atoms with Gasteiger partial charge in [0.2, 0.25) is 5.91 Å². The van der Waals surface area contributed by atoms with Crippen LogP contribution in [0.3, 0.4) is 0 Å². The molecule has 9 heteroatoms. The van der Waals surface area contributed by atoms with Crippen LogP contribution in [0, 0.1) is 0 Å². The van der Waals surface area contributed by atoms with Crippen LogP contribution in [-0.4, -0.2) is 38.9 Å². The number of amides is 2. The van der Waals surface area contributed by atoms with Gasteiger partial charge in [0, 0.05) is 12.7 Å². The maximum absolute atomic E-state index is 12.7. The van der Waals surface area contributed by atoms with Gasteiger partial charge in [0.15, 0.2) is 17.6 Å². The van der Waals surface area contributed by atoms with E-state index in [1.165, 1.54) is 49.4 Å². The number of hydrogen-bond acceptors (Lipinski definition) is 6. The van der Waals surface area contributed by atoms with Crippen LogP contribution in [-0.2, 0) is 16.6 Å². The third-order valence-electron chi connectivity index (χ3n) is 6.98. The molecule has 0 unspecified atom stereocenters. The van der Waals surface area contributed by atoms with Gasteiger partial charge in [0.25, 0.3) is 5.91 Å². The lowest BCUT2D eigenvalue weighted by Crippen LogP contribution is -2.41. The summed E-state index contributed by atoms with van der Waals surface area (Å²) in [5.74, 6) is 1.94. The first kappa shape index (κ1) is 24.4. The van der Waals surface area contributed by atoms with Crippen LogP contribution in [0.15, 0.2) is 53.7 Å². The Morgan fingerprint density at radius 1 is 1.11 bits per heavy atom. The predicted molar refractivity (Wildman–Crippen MR) is 140 cm³/mol. The zero-order valence-electron chi connectivity index (χ0n) is 20.6. The molecule has 1 atom stereocenters. The monoisotopic (exact) mass is 505 g/mol. The maximum atomic E-state index is 12.7. The van der Waals surface area contributed by atoms with Crippen LogP contribution in [0.2, 0.25) is 0 Å². The van der Waals surface area contributed by atoms with Crippen molar-refractivity contribution in [1.29, 1.82) is 0 Å². The van der Waals surface area contributed by atoms with Gasteiger partial charge in [0.1, 0.15) is 5.75 Å². The zero-order valence-corrected chi connectivity index (χ0v) is 21.5. The van der Waals surface area contributed by atoms with Crippen LogP contribution in [0.4, 0.5) is 11.4 Å². The van der Waals surface area contributed by atoms with Gasteiger partial charge in [-0.1, -0.05) is 55.3 Å². The molecule has 1 fully saturated rings. The summed E-state index contributed by atoms with van der Waals surface area (Å²) < 4.78 is 7.40. The molecular formula is C27H31N5O3S. The van der Waals surface area contributed by atoms with E-state index >= 15 is 0 Å². The van der Waals surface area contributed by atoms with Crippen molar-refractivity contribution in [2.45, 2.75) is 56.1 Å². The first-order valence-electron chi connectivity index (χ1n) is 12.5. The SMILES string of the molecule is C[C@@H](c1nnc(SCC(=O)Nc2ccc(C3CCCCC3)cc2)n1C)N1C(=O)COc2ccccc21. The van der Waals surface area contributed by atoms with Gasteiger partial charge in [-0.05, 0) is 55.5 Å². The first-order valence-corrected chi connectivity index (χ1v) is 13.5. The first-order chi connectivity index (χ1) is 17.5. The Hall–Kier alpha value is -3.33. The highest BCUT2D eigenvalue weighted by Gasteiger charge is 2.32. The smallest absolute Gasteiger partial charge is 0.265 e. The quantitative estimate of drug-likeness (QED) is 0.451. The number of para-hydroxylation sites is 2. The Morgan fingerprint density at radius 2 is 1.86 bits per heavy atom. The van der Waals surface area contributed by atoms with Gasteiger partial charge in [0.05, 0.1) is 17.5 Å². The minimum Gasteiger partial charge on any atom is -0.482 e. The minimum atomic E-state index is -0.342. The van der Waals surface area contributed by atoms with Gasteiger partial charge in [-0.25, -0.2) is 0 Å². The van der Waals surface area contributed by atoms with E-state index in [-0.39, 0.29) is 30.2 Å². The summed E-state index contributed by atoms with van der Waals surface area (Å²) in [6.45, 7) is 1.91. The fraction of sp³-hybridized carbons (Fsp3) is 0.407. The number of aromatic nitrogens is 3. The van der Waals surface area contributed by atoms with Crippen LogP contribution in [0.25, 0.3) is 0 Å². The normalized spacial score (nSPS) is 16.8. The molecule has 1 aliphatic heterocycles. The molecule has 2 aromatic carbocycles. The molecule has 8 nitrogen and oxygen atoms in total. The van der Waals surface area contributed by atoms with Crippen LogP contribution in [0.5, 0.6) is 5.75 Å². The number of hydrogen-bond donors (Lipinski definition) is 1. The molecule has 2 aliphatic rings. The molecule has 1 aromatic heterocycles. The van der Waals surface area contributed by atoms with Crippen molar-refractivity contribution in [2.24, 2.45) is 7.05 Å². The number of carbonyl (C=O) groups is 2. The molecule has 0 saturated heterocycles. The van der Waals surface area contributed by atoms with Crippen LogP contribution in [0.1, 0.15) is 62.4 Å². The second-order valence-corrected chi connectivity index (χ2v) is 10.3. The summed E-state index contributed by atoms with van der Waals surface area (Å²) in [5.41, 5.74) is 2.88. The van der Waals surface area contributed by atoms with Crippen molar-refractivity contribution in [3.8, 4) is 5.75 Å². The molecule has 36 heavy (non-hydrogen) atoms. The van der Waals surface area contributed by atoms with E-state index < -0.39 is 0 Å². The molecule has 1 N–H and O–H groups in total. The Kier molecular flexibility index (Phi) is 7.27. The summed E-state index contributed by atoms with van der Waals surface area (Å²) >= 11 is 1.32. The van der Waals surface area contributed by atoms with Gasteiger partial charge < -0.3 is 14.6 Å². The molecule has 0 spiro atoms. The number of thioether (sulfide) groups is 1. The molecule has 2 amide bonds. The molecule has 0 radical (unpaired) electrons. The Labute approximate surface area is 215 Å². The second kappa shape index (κ2) is 10.7. The van der Waals surface area contributed by atoms with E-state index in [0.29, 0.717) is 28.3 Å². The van der Waals surface area contributed by atoms with Gasteiger partial charge >= 0.3 is 0 Å². The molecule has 1 aliphatic carbocycles. The van der Waals surface area contributed by atoms with E-state index in [2.05, 4.69) is 27.6 Å². The Morgan fingerprint density at radius 3 is 2.64 bits per heavy atom. The van der Waals surface area contributed by atoms with Crippen LogP contribution >= 0.6 is 11.8 Å². The highest BCUT2D eigenvalue weighted by atomic mass is 32.2. The summed E-state index contributed by atoms with van der Waals surface area (Å²) in [7, 11) is 1.85. The largest absolute Gasteiger partial charge is 0.482 e. The number of nitrogens with zero attached hydrogens (tertiary/aromatic N) is 4. The fourth-order valence-electron chi connectivity index (χ4n) is 5.08. The van der Waals surface area contributed by atoms with Crippen molar-refractivity contribution < 1.29 is 14.3 Å². The lowest BCUT2D eigenvalue weighted by molar-refractivity contribution is -0.121. The van der Waals surface area contributed by atoms with E-state index in [4.69, 9.17) is 4.74 Å². The maximum Gasteiger partial charge on any atom is 0.265 e. The van der Waals surface area contributed by atoms with E-state index in [1.54, 1.807) is 4.90 Å². The molecule has 5 rings (SSSR count). The lowest BCUT2D eigenvalue weighted by Gasteiger charge is -2.33. The zero-order chi connectivity index (χ0) is 25.1. The highest BCUT2D eigenvalue weighted by Crippen LogP contribution is 2.37. The molecular weight excluding hydrogens is 474 g/mol. The predicted octanol–water partition coefficient (Wildman–Crippen LogP) is 5.08. The van der Waals surface area contributed by atoms with E-state index in [0.717, 1.165) is 5.69 Å². The molecule has 2 heterocycles. The summed E-state index contributed by atoms with van der Waals surface area (Å²) in [6, 6.07) is 15.4. The Balaban J connectivity index is 1.20. The van der Waals surface area contributed by atoms with Gasteiger partial charge in [-0.2, -0.15) is 0 Å². The standard InChI is InChI=1S/C27H31N5O3S/c1-18(32-22-10-6-7-11-23(22)35-16-25(32)34)26-29-30-27(31(26)2)36-17-24(33)28-21-14-12-20(13-15-21)19-8-4-3-5-9-19/h6-7,10-15,18-19H,3-5,8-9,16-17H2,1-2H3,(H,28,33)/t18-/m0/s1. The Bertz CT molecular complexity index is 1240. The number of fused-ring (bicyclic) bond motifs is 1. The number of rotatable bonds is 7.